The maximum absolute atomic E-state index is 5.49. The third-order valence-corrected chi connectivity index (χ3v) is 4.48. The smallest absolute Gasteiger partial charge is 0.225 e. The molecule has 0 amide bonds. The molecule has 3 rings (SSSR count). The van der Waals surface area contributed by atoms with E-state index in [2.05, 4.69) is 32.3 Å². The Morgan fingerprint density at radius 1 is 1.28 bits per heavy atom. The van der Waals surface area contributed by atoms with Gasteiger partial charge in [0.15, 0.2) is 0 Å². The fourth-order valence-electron chi connectivity index (χ4n) is 3.19. The Kier molecular flexibility index (Phi) is 5.38. The van der Waals surface area contributed by atoms with E-state index in [1.807, 2.05) is 44.1 Å². The van der Waals surface area contributed by atoms with Crippen LogP contribution in [0.15, 0.2) is 30.3 Å². The Morgan fingerprint density at radius 2 is 2.08 bits per heavy atom. The predicted octanol–water partition coefficient (Wildman–Crippen LogP) is 2.23. The molecule has 1 aliphatic rings. The van der Waals surface area contributed by atoms with E-state index in [-0.39, 0.29) is 0 Å². The second-order valence-electron chi connectivity index (χ2n) is 6.68. The molecule has 6 nitrogen and oxygen atoms in total. The number of para-hydroxylation sites is 2. The van der Waals surface area contributed by atoms with E-state index in [1.54, 1.807) is 7.11 Å². The van der Waals surface area contributed by atoms with E-state index >= 15 is 0 Å². The molecule has 0 spiro atoms. The van der Waals surface area contributed by atoms with Gasteiger partial charge in [-0.2, -0.15) is 0 Å². The number of nitrogens with zero attached hydrogens (tertiary/aromatic N) is 4. The van der Waals surface area contributed by atoms with Gasteiger partial charge in [-0.25, -0.2) is 9.97 Å². The number of aryl methyl sites for hydroxylation is 1. The molecule has 1 aromatic heterocycles. The van der Waals surface area contributed by atoms with Crippen molar-refractivity contribution in [3.8, 4) is 5.75 Å². The topological polar surface area (TPSA) is 53.5 Å². The molecular weight excluding hydrogens is 314 g/mol. The molecule has 1 aliphatic heterocycles. The number of methoxy groups -OCH3 is 1. The summed E-state index contributed by atoms with van der Waals surface area (Å²) in [4.78, 5) is 13.4. The lowest BCUT2D eigenvalue weighted by molar-refractivity contribution is 0.414. The van der Waals surface area contributed by atoms with Crippen molar-refractivity contribution in [1.29, 1.82) is 0 Å². The normalized spacial score (nSPS) is 17.0. The van der Waals surface area contributed by atoms with Crippen molar-refractivity contribution in [3.63, 3.8) is 0 Å². The molecule has 1 fully saturated rings. The third-order valence-electron chi connectivity index (χ3n) is 4.48. The Balaban J connectivity index is 1.61. The van der Waals surface area contributed by atoms with Gasteiger partial charge in [-0.1, -0.05) is 12.1 Å². The number of aromatic nitrogens is 2. The molecule has 0 bridgehead atoms. The molecule has 25 heavy (non-hydrogen) atoms. The summed E-state index contributed by atoms with van der Waals surface area (Å²) in [7, 11) is 5.66. The van der Waals surface area contributed by atoms with Crippen molar-refractivity contribution in [2.45, 2.75) is 25.9 Å². The minimum absolute atomic E-state index is 0.447. The SMILES string of the molecule is COc1ccccc1N1CC[C@@H](NCc2cc(C)nc(N(C)C)n2)C1. The van der Waals surface area contributed by atoms with Crippen molar-refractivity contribution in [1.82, 2.24) is 15.3 Å². The first-order chi connectivity index (χ1) is 12.1. The average Bonchev–Trinajstić information content (AvgIpc) is 3.08. The first-order valence-electron chi connectivity index (χ1n) is 8.70. The molecule has 2 heterocycles. The summed E-state index contributed by atoms with van der Waals surface area (Å²) in [6.45, 7) is 4.78. The van der Waals surface area contributed by atoms with Crippen molar-refractivity contribution >= 4 is 11.6 Å². The molecule has 0 aliphatic carbocycles. The molecule has 1 saturated heterocycles. The van der Waals surface area contributed by atoms with E-state index in [0.29, 0.717) is 6.04 Å². The maximum Gasteiger partial charge on any atom is 0.225 e. The minimum Gasteiger partial charge on any atom is -0.495 e. The second kappa shape index (κ2) is 7.70. The second-order valence-corrected chi connectivity index (χ2v) is 6.68. The van der Waals surface area contributed by atoms with Crippen LogP contribution in [0.1, 0.15) is 17.8 Å². The number of rotatable bonds is 6. The first kappa shape index (κ1) is 17.5. The van der Waals surface area contributed by atoms with Crippen LogP contribution in [0.3, 0.4) is 0 Å². The van der Waals surface area contributed by atoms with E-state index in [4.69, 9.17) is 4.74 Å². The zero-order valence-electron chi connectivity index (χ0n) is 15.5. The van der Waals surface area contributed by atoms with Crippen molar-refractivity contribution in [2.24, 2.45) is 0 Å². The Morgan fingerprint density at radius 3 is 2.84 bits per heavy atom. The van der Waals surface area contributed by atoms with Crippen molar-refractivity contribution in [3.05, 3.63) is 41.7 Å². The highest BCUT2D eigenvalue weighted by molar-refractivity contribution is 5.59. The van der Waals surface area contributed by atoms with Crippen LogP contribution in [0.2, 0.25) is 0 Å². The molecule has 134 valence electrons. The summed E-state index contributed by atoms with van der Waals surface area (Å²) < 4.78 is 5.49. The van der Waals surface area contributed by atoms with Crippen molar-refractivity contribution < 1.29 is 4.74 Å². The van der Waals surface area contributed by atoms with E-state index in [0.717, 1.165) is 49.1 Å². The molecule has 0 unspecified atom stereocenters. The number of ether oxygens (including phenoxy) is 1. The molecule has 6 heteroatoms. The van der Waals surface area contributed by atoms with Crippen LogP contribution < -0.4 is 19.9 Å². The van der Waals surface area contributed by atoms with Crippen LogP contribution in [0.4, 0.5) is 11.6 Å². The van der Waals surface area contributed by atoms with E-state index in [1.165, 1.54) is 5.69 Å². The van der Waals surface area contributed by atoms with Gasteiger partial charge in [0, 0.05) is 45.5 Å². The molecule has 1 aromatic carbocycles. The molecule has 0 saturated carbocycles. The summed E-state index contributed by atoms with van der Waals surface area (Å²) in [5, 5.41) is 3.64. The molecule has 2 aromatic rings. The number of anilines is 2. The highest BCUT2D eigenvalue weighted by Gasteiger charge is 2.24. The van der Waals surface area contributed by atoms with Crippen LogP contribution >= 0.6 is 0 Å². The van der Waals surface area contributed by atoms with Crippen LogP contribution in [-0.4, -0.2) is 50.3 Å². The van der Waals surface area contributed by atoms with Gasteiger partial charge in [0.25, 0.3) is 0 Å². The standard InChI is InChI=1S/C19H27N5O/c1-14-11-16(22-19(21-14)23(2)3)12-20-15-9-10-24(13-15)17-7-5-6-8-18(17)25-4/h5-8,11,15,20H,9-10,12-13H2,1-4H3/t15-/m1/s1. The van der Waals surface area contributed by atoms with Crippen molar-refractivity contribution in [2.75, 3.05) is 44.1 Å². The largest absolute Gasteiger partial charge is 0.495 e. The number of nitrogens with one attached hydrogen (secondary N) is 1. The fraction of sp³-hybridized carbons (Fsp3) is 0.474. The highest BCUT2D eigenvalue weighted by Crippen LogP contribution is 2.30. The van der Waals surface area contributed by atoms with Gasteiger partial charge < -0.3 is 19.9 Å². The zero-order valence-corrected chi connectivity index (χ0v) is 15.5. The molecule has 1 N–H and O–H groups in total. The van der Waals surface area contributed by atoms with E-state index < -0.39 is 0 Å². The van der Waals surface area contributed by atoms with Gasteiger partial charge >= 0.3 is 0 Å². The maximum atomic E-state index is 5.49. The number of benzene rings is 1. The van der Waals surface area contributed by atoms with Crippen LogP contribution in [-0.2, 0) is 6.54 Å². The first-order valence-corrected chi connectivity index (χ1v) is 8.70. The zero-order chi connectivity index (χ0) is 17.8. The number of hydrogen-bond donors (Lipinski definition) is 1. The quantitative estimate of drug-likeness (QED) is 0.870. The Hall–Kier alpha value is -2.34. The van der Waals surface area contributed by atoms with Gasteiger partial charge in [0.1, 0.15) is 5.75 Å². The lowest BCUT2D eigenvalue weighted by Crippen LogP contribution is -2.32. The summed E-state index contributed by atoms with van der Waals surface area (Å²) in [6.07, 6.45) is 1.11. The Labute approximate surface area is 149 Å². The van der Waals surface area contributed by atoms with Gasteiger partial charge in [-0.05, 0) is 31.5 Å². The van der Waals surface area contributed by atoms with Crippen LogP contribution in [0.25, 0.3) is 0 Å². The van der Waals surface area contributed by atoms with Gasteiger partial charge in [-0.15, -0.1) is 0 Å². The third kappa shape index (κ3) is 4.20. The lowest BCUT2D eigenvalue weighted by Gasteiger charge is -2.21. The van der Waals surface area contributed by atoms with Gasteiger partial charge in [0.05, 0.1) is 18.5 Å². The summed E-state index contributed by atoms with van der Waals surface area (Å²) in [6, 6.07) is 10.7. The lowest BCUT2D eigenvalue weighted by atomic mass is 10.2. The van der Waals surface area contributed by atoms with Gasteiger partial charge in [0.2, 0.25) is 5.95 Å². The minimum atomic E-state index is 0.447. The van der Waals surface area contributed by atoms with Crippen LogP contribution in [0.5, 0.6) is 5.75 Å². The summed E-state index contributed by atoms with van der Waals surface area (Å²) >= 11 is 0. The number of hydrogen-bond acceptors (Lipinski definition) is 6. The molecular formula is C19H27N5O. The van der Waals surface area contributed by atoms with Gasteiger partial charge in [-0.3, -0.25) is 0 Å². The summed E-state index contributed by atoms with van der Waals surface area (Å²) in [5.41, 5.74) is 3.20. The monoisotopic (exact) mass is 341 g/mol. The Bertz CT molecular complexity index is 719. The summed E-state index contributed by atoms with van der Waals surface area (Å²) in [5.74, 6) is 1.70. The van der Waals surface area contributed by atoms with E-state index in [9.17, 15) is 0 Å². The average molecular weight is 341 g/mol. The predicted molar refractivity (Wildman–Crippen MR) is 102 cm³/mol. The highest BCUT2D eigenvalue weighted by atomic mass is 16.5. The molecule has 1 atom stereocenters. The van der Waals surface area contributed by atoms with Crippen LogP contribution in [0, 0.1) is 6.92 Å². The molecule has 0 radical (unpaired) electrons. The fourth-order valence-corrected chi connectivity index (χ4v) is 3.19.